The molecule has 0 spiro atoms. The fourth-order valence-electron chi connectivity index (χ4n) is 12.2. The first-order valence-corrected chi connectivity index (χ1v) is 44.0. The molecule has 17 nitrogen and oxygen atoms in total. The van der Waals surface area contributed by atoms with Crippen molar-refractivity contribution in [2.75, 3.05) is 39.6 Å². The zero-order valence-electron chi connectivity index (χ0n) is 64.1. The van der Waals surface area contributed by atoms with Crippen LogP contribution in [0.1, 0.15) is 414 Å². The molecule has 0 aromatic carbocycles. The van der Waals surface area contributed by atoms with Crippen LogP contribution >= 0.6 is 15.6 Å². The van der Waals surface area contributed by atoms with Crippen LogP contribution in [0.5, 0.6) is 0 Å². The van der Waals surface area contributed by atoms with Gasteiger partial charge in [0, 0.05) is 25.7 Å². The predicted octanol–water partition coefficient (Wildman–Crippen LogP) is 23.5. The summed E-state index contributed by atoms with van der Waals surface area (Å²) in [5.41, 5.74) is 0. The Kier molecular flexibility index (Phi) is 69.3. The highest BCUT2D eigenvalue weighted by Gasteiger charge is 2.30. The number of hydrogen-bond acceptors (Lipinski definition) is 15. The molecule has 5 atom stereocenters. The van der Waals surface area contributed by atoms with E-state index in [1.807, 2.05) is 0 Å². The van der Waals surface area contributed by atoms with Gasteiger partial charge in [0.15, 0.2) is 12.2 Å². The van der Waals surface area contributed by atoms with Crippen molar-refractivity contribution in [3.8, 4) is 0 Å². The molecule has 0 aliphatic rings. The number of aliphatic hydroxyl groups is 1. The SMILES string of the molecule is CCCCCCCCCCCCCCCCCCCCC(=O)O[C@H](COC(=O)CCCCCCCCCCCCCCCCC(C)C)COP(=O)(O)OC[C@@H](O)COP(=O)(O)OC[C@@H](COC(=O)CCCCCCCCCCCCC)OC(=O)CCCCCCCCCCCC(C)C. The van der Waals surface area contributed by atoms with Gasteiger partial charge in [0.2, 0.25) is 0 Å². The maximum atomic E-state index is 13.1. The third kappa shape index (κ3) is 72.4. The van der Waals surface area contributed by atoms with Gasteiger partial charge in [-0.15, -0.1) is 0 Å². The number of rotatable bonds is 78. The average Bonchev–Trinajstić information content (AvgIpc) is 1.86. The number of esters is 4. The van der Waals surface area contributed by atoms with Crippen molar-refractivity contribution in [2.45, 2.75) is 432 Å². The van der Waals surface area contributed by atoms with Crippen molar-refractivity contribution in [3.63, 3.8) is 0 Å². The number of carbonyl (C=O) groups is 4. The first-order chi connectivity index (χ1) is 47.4. The summed E-state index contributed by atoms with van der Waals surface area (Å²) in [5, 5.41) is 10.6. The van der Waals surface area contributed by atoms with Crippen LogP contribution in [-0.4, -0.2) is 96.7 Å². The number of carbonyl (C=O) groups excluding carboxylic acids is 4. The van der Waals surface area contributed by atoms with Crippen molar-refractivity contribution in [1.29, 1.82) is 0 Å². The second kappa shape index (κ2) is 70.7. The van der Waals surface area contributed by atoms with Crippen LogP contribution in [0.3, 0.4) is 0 Å². The van der Waals surface area contributed by atoms with Crippen LogP contribution in [-0.2, 0) is 65.4 Å². The van der Waals surface area contributed by atoms with Crippen LogP contribution in [0.25, 0.3) is 0 Å². The van der Waals surface area contributed by atoms with Crippen LogP contribution < -0.4 is 0 Å². The summed E-state index contributed by atoms with van der Waals surface area (Å²) in [7, 11) is -9.92. The van der Waals surface area contributed by atoms with Gasteiger partial charge in [-0.3, -0.25) is 37.3 Å². The summed E-state index contributed by atoms with van der Waals surface area (Å²) < 4.78 is 68.6. The van der Waals surface area contributed by atoms with Crippen molar-refractivity contribution in [1.82, 2.24) is 0 Å². The first kappa shape index (κ1) is 96.1. The Labute approximate surface area is 600 Å². The van der Waals surface area contributed by atoms with E-state index < -0.39 is 97.5 Å². The molecule has 0 aliphatic carbocycles. The van der Waals surface area contributed by atoms with Crippen molar-refractivity contribution < 1.29 is 80.2 Å². The van der Waals surface area contributed by atoms with Gasteiger partial charge in [-0.1, -0.05) is 363 Å². The maximum Gasteiger partial charge on any atom is 0.472 e. The Morgan fingerprint density at radius 2 is 0.469 bits per heavy atom. The van der Waals surface area contributed by atoms with Crippen LogP contribution in [0.4, 0.5) is 0 Å². The van der Waals surface area contributed by atoms with E-state index in [9.17, 15) is 43.2 Å². The molecule has 0 aliphatic heterocycles. The molecule has 0 saturated carbocycles. The highest BCUT2D eigenvalue weighted by atomic mass is 31.2. The summed E-state index contributed by atoms with van der Waals surface area (Å²) in [4.78, 5) is 72.9. The van der Waals surface area contributed by atoms with Gasteiger partial charge < -0.3 is 33.8 Å². The van der Waals surface area contributed by atoms with E-state index in [4.69, 9.17) is 37.0 Å². The normalized spacial score (nSPS) is 13.9. The molecule has 582 valence electrons. The molecule has 0 aromatic rings. The number of unbranched alkanes of at least 4 members (excludes halogenated alkanes) is 48. The lowest BCUT2D eigenvalue weighted by molar-refractivity contribution is -0.161. The zero-order valence-corrected chi connectivity index (χ0v) is 65.9. The van der Waals surface area contributed by atoms with E-state index in [0.29, 0.717) is 25.7 Å². The highest BCUT2D eigenvalue weighted by molar-refractivity contribution is 7.47. The lowest BCUT2D eigenvalue weighted by Gasteiger charge is -2.21. The monoisotopic (exact) mass is 1440 g/mol. The van der Waals surface area contributed by atoms with E-state index in [-0.39, 0.29) is 25.7 Å². The Bertz CT molecular complexity index is 1890. The molecule has 0 aromatic heterocycles. The molecule has 2 unspecified atom stereocenters. The molecule has 0 saturated heterocycles. The molecule has 0 amide bonds. The van der Waals surface area contributed by atoms with E-state index >= 15 is 0 Å². The second-order valence-electron chi connectivity index (χ2n) is 29.4. The molecule has 3 N–H and O–H groups in total. The van der Waals surface area contributed by atoms with Crippen LogP contribution in [0.2, 0.25) is 0 Å². The third-order valence-electron chi connectivity index (χ3n) is 18.5. The Hall–Kier alpha value is -1.94. The molecule has 0 fully saturated rings. The molecule has 0 bridgehead atoms. The fourth-order valence-corrected chi connectivity index (χ4v) is 13.8. The lowest BCUT2D eigenvalue weighted by Crippen LogP contribution is -2.30. The summed E-state index contributed by atoms with van der Waals surface area (Å²) in [6.07, 6.45) is 59.6. The van der Waals surface area contributed by atoms with Gasteiger partial charge in [0.1, 0.15) is 19.3 Å². The molecule has 0 radical (unpaired) electrons. The predicted molar refractivity (Wildman–Crippen MR) is 400 cm³/mol. The molecule has 0 heterocycles. The summed E-state index contributed by atoms with van der Waals surface area (Å²) >= 11 is 0. The van der Waals surface area contributed by atoms with E-state index in [0.717, 1.165) is 102 Å². The minimum Gasteiger partial charge on any atom is -0.462 e. The average molecular weight is 1440 g/mol. The number of ether oxygens (including phenoxy) is 4. The third-order valence-corrected chi connectivity index (χ3v) is 20.4. The van der Waals surface area contributed by atoms with Crippen molar-refractivity contribution in [2.24, 2.45) is 11.8 Å². The second-order valence-corrected chi connectivity index (χ2v) is 32.3. The Morgan fingerprint density at radius 1 is 0.276 bits per heavy atom. The standard InChI is InChI=1S/C79H154O17P2/c1-7-9-11-13-15-17-19-20-21-22-23-24-29-33-39-45-51-57-63-78(83)95-74(67-90-77(82)62-56-50-44-38-32-28-26-25-27-31-35-41-47-53-59-71(3)4)69-93-97(85,86)91-65-73(80)66-92-98(87,88)94-70-75(68-89-76(81)61-55-49-43-37-30-18-16-14-12-10-8-2)96-79(84)64-58-52-46-40-34-36-42-48-54-60-72(5)6/h71-75,80H,7-70H2,1-6H3,(H,85,86)(H,87,88)/t73-,74-,75-/m1/s1. The number of phosphoric acid groups is 2. The van der Waals surface area contributed by atoms with Crippen LogP contribution in [0, 0.1) is 11.8 Å². The van der Waals surface area contributed by atoms with Gasteiger partial charge in [-0.25, -0.2) is 9.13 Å². The van der Waals surface area contributed by atoms with Crippen molar-refractivity contribution >= 4 is 39.5 Å². The number of phosphoric ester groups is 2. The number of aliphatic hydroxyl groups excluding tert-OH is 1. The van der Waals surface area contributed by atoms with Gasteiger partial charge in [0.25, 0.3) is 0 Å². The Morgan fingerprint density at radius 3 is 0.694 bits per heavy atom. The fraction of sp³-hybridized carbons (Fsp3) is 0.949. The quantitative estimate of drug-likeness (QED) is 0.0222. The van der Waals surface area contributed by atoms with E-state index in [1.165, 1.54) is 231 Å². The summed E-state index contributed by atoms with van der Waals surface area (Å²) in [6, 6.07) is 0. The lowest BCUT2D eigenvalue weighted by atomic mass is 10.0. The maximum absolute atomic E-state index is 13.1. The number of hydrogen-bond donors (Lipinski definition) is 3. The minimum atomic E-state index is -4.96. The largest absolute Gasteiger partial charge is 0.472 e. The van der Waals surface area contributed by atoms with Gasteiger partial charge in [-0.2, -0.15) is 0 Å². The highest BCUT2D eigenvalue weighted by Crippen LogP contribution is 2.45. The first-order valence-electron chi connectivity index (χ1n) is 41.0. The molecule has 98 heavy (non-hydrogen) atoms. The zero-order chi connectivity index (χ0) is 72.1. The summed E-state index contributed by atoms with van der Waals surface area (Å²) in [5.74, 6) is -0.575. The van der Waals surface area contributed by atoms with Crippen LogP contribution in [0.15, 0.2) is 0 Å². The molecular formula is C79H154O17P2. The van der Waals surface area contributed by atoms with E-state index in [1.54, 1.807) is 0 Å². The van der Waals surface area contributed by atoms with E-state index in [2.05, 4.69) is 41.5 Å². The Balaban J connectivity index is 5.24. The topological polar surface area (TPSA) is 237 Å². The van der Waals surface area contributed by atoms with Gasteiger partial charge in [0.05, 0.1) is 26.4 Å². The molecular weight excluding hydrogens is 1280 g/mol. The minimum absolute atomic E-state index is 0.106. The van der Waals surface area contributed by atoms with Gasteiger partial charge in [-0.05, 0) is 37.5 Å². The smallest absolute Gasteiger partial charge is 0.462 e. The molecule has 19 heteroatoms. The van der Waals surface area contributed by atoms with Crippen molar-refractivity contribution in [3.05, 3.63) is 0 Å². The molecule has 0 rings (SSSR count). The summed E-state index contributed by atoms with van der Waals surface area (Å²) in [6.45, 7) is 9.62. The van der Waals surface area contributed by atoms with Gasteiger partial charge >= 0.3 is 39.5 Å².